The van der Waals surface area contributed by atoms with Gasteiger partial charge < -0.3 is 20.4 Å². The van der Waals surface area contributed by atoms with Gasteiger partial charge >= 0.3 is 0 Å². The molecule has 2 saturated heterocycles. The van der Waals surface area contributed by atoms with E-state index in [1.807, 2.05) is 0 Å². The number of hydrogen-bond acceptors (Lipinski definition) is 7. The second-order valence-electron chi connectivity index (χ2n) is 10.9. The molecule has 200 valence electrons. The Morgan fingerprint density at radius 1 is 0.816 bits per heavy atom. The molecule has 38 heavy (non-hydrogen) atoms. The smallest absolute Gasteiger partial charge is 0.161 e. The van der Waals surface area contributed by atoms with Crippen LogP contribution in [0.4, 0.5) is 11.5 Å². The standard InChI is InChI=1S/C31H41N7/c1-2-7-25(8-3-1)23-37-20-13-29-28(24-37)31(33-14-6-19-36-17-4-5-18-36)35-30(34-29)26-9-11-27(12-10-26)38-21-15-32-16-22-38/h1-3,7-12,32H,4-6,13-24H2,(H,33,34,35). The number of nitrogens with one attached hydrogen (secondary N) is 2. The molecule has 0 bridgehead atoms. The van der Waals surface area contributed by atoms with Crippen LogP contribution in [0.15, 0.2) is 54.6 Å². The van der Waals surface area contributed by atoms with E-state index in [1.165, 1.54) is 55.0 Å². The number of nitrogens with zero attached hydrogens (tertiary/aromatic N) is 5. The van der Waals surface area contributed by atoms with E-state index in [0.717, 1.165) is 82.4 Å². The van der Waals surface area contributed by atoms with E-state index in [0.29, 0.717) is 0 Å². The van der Waals surface area contributed by atoms with E-state index < -0.39 is 0 Å². The minimum Gasteiger partial charge on any atom is -0.370 e. The Kier molecular flexibility index (Phi) is 8.15. The Bertz CT molecular complexity index is 1170. The van der Waals surface area contributed by atoms with Crippen LogP contribution >= 0.6 is 0 Å². The minimum atomic E-state index is 0.842. The molecular weight excluding hydrogens is 470 g/mol. The lowest BCUT2D eigenvalue weighted by atomic mass is 10.0. The van der Waals surface area contributed by atoms with Gasteiger partial charge in [-0.3, -0.25) is 4.90 Å². The van der Waals surface area contributed by atoms with Crippen molar-refractivity contribution in [2.45, 2.75) is 38.8 Å². The topological polar surface area (TPSA) is 59.6 Å². The Hall–Kier alpha value is -3.00. The number of aromatic nitrogens is 2. The molecule has 4 heterocycles. The normalized spacial score (nSPS) is 18.5. The maximum atomic E-state index is 5.12. The molecule has 3 aromatic rings. The number of rotatable bonds is 9. The molecule has 6 rings (SSSR count). The summed E-state index contributed by atoms with van der Waals surface area (Å²) in [7, 11) is 0. The summed E-state index contributed by atoms with van der Waals surface area (Å²) in [6.07, 6.45) is 4.79. The monoisotopic (exact) mass is 511 g/mol. The summed E-state index contributed by atoms with van der Waals surface area (Å²) in [4.78, 5) is 17.8. The fraction of sp³-hybridized carbons (Fsp3) is 0.484. The van der Waals surface area contributed by atoms with Crippen LogP contribution in [0.2, 0.25) is 0 Å². The average Bonchev–Trinajstić information content (AvgIpc) is 3.50. The number of fused-ring (bicyclic) bond motifs is 1. The molecule has 3 aliphatic rings. The van der Waals surface area contributed by atoms with Gasteiger partial charge in [0.15, 0.2) is 5.82 Å². The van der Waals surface area contributed by atoms with Crippen molar-refractivity contribution in [2.24, 2.45) is 0 Å². The first-order valence-electron chi connectivity index (χ1n) is 14.5. The highest BCUT2D eigenvalue weighted by molar-refractivity contribution is 5.63. The minimum absolute atomic E-state index is 0.842. The van der Waals surface area contributed by atoms with Gasteiger partial charge in [-0.15, -0.1) is 0 Å². The number of likely N-dealkylation sites (tertiary alicyclic amines) is 1. The lowest BCUT2D eigenvalue weighted by Gasteiger charge is -2.30. The summed E-state index contributed by atoms with van der Waals surface area (Å²) in [6, 6.07) is 19.6. The fourth-order valence-electron chi connectivity index (χ4n) is 5.98. The first-order valence-corrected chi connectivity index (χ1v) is 14.5. The van der Waals surface area contributed by atoms with Gasteiger partial charge in [0.1, 0.15) is 5.82 Å². The van der Waals surface area contributed by atoms with Gasteiger partial charge in [-0.05, 0) is 68.7 Å². The van der Waals surface area contributed by atoms with Crippen LogP contribution in [-0.4, -0.2) is 78.7 Å². The third-order valence-electron chi connectivity index (χ3n) is 8.14. The molecule has 2 fully saturated rings. The van der Waals surface area contributed by atoms with Crippen molar-refractivity contribution >= 4 is 11.5 Å². The first kappa shape index (κ1) is 25.3. The van der Waals surface area contributed by atoms with Gasteiger partial charge in [-0.25, -0.2) is 9.97 Å². The quantitative estimate of drug-likeness (QED) is 0.421. The Balaban J connectivity index is 1.20. The molecule has 2 aromatic carbocycles. The van der Waals surface area contributed by atoms with E-state index in [2.05, 4.69) is 79.9 Å². The second-order valence-corrected chi connectivity index (χ2v) is 10.9. The third kappa shape index (κ3) is 6.17. The molecule has 0 aliphatic carbocycles. The number of anilines is 2. The molecule has 2 N–H and O–H groups in total. The molecule has 0 atom stereocenters. The summed E-state index contributed by atoms with van der Waals surface area (Å²) < 4.78 is 0. The Morgan fingerprint density at radius 2 is 1.61 bits per heavy atom. The largest absolute Gasteiger partial charge is 0.370 e. The van der Waals surface area contributed by atoms with E-state index in [9.17, 15) is 0 Å². The predicted octanol–water partition coefficient (Wildman–Crippen LogP) is 4.01. The summed E-state index contributed by atoms with van der Waals surface area (Å²) in [5.41, 5.74) is 6.21. The Labute approximate surface area is 227 Å². The predicted molar refractivity (Wildman–Crippen MR) is 156 cm³/mol. The van der Waals surface area contributed by atoms with Crippen molar-refractivity contribution in [1.82, 2.24) is 25.1 Å². The zero-order valence-corrected chi connectivity index (χ0v) is 22.5. The zero-order chi connectivity index (χ0) is 25.6. The SMILES string of the molecule is c1ccc(CN2CCc3nc(-c4ccc(N5CCNCC5)cc4)nc(NCCCN4CCCC4)c3C2)cc1. The summed E-state index contributed by atoms with van der Waals surface area (Å²) in [5, 5.41) is 7.17. The molecule has 3 aliphatic heterocycles. The third-order valence-corrected chi connectivity index (χ3v) is 8.14. The van der Waals surface area contributed by atoms with Crippen molar-refractivity contribution in [3.8, 4) is 11.4 Å². The molecule has 1 aromatic heterocycles. The summed E-state index contributed by atoms with van der Waals surface area (Å²) in [6.45, 7) is 11.7. The van der Waals surface area contributed by atoms with Gasteiger partial charge in [0.05, 0.1) is 5.69 Å². The molecule has 0 amide bonds. The van der Waals surface area contributed by atoms with Crippen molar-refractivity contribution < 1.29 is 0 Å². The lowest BCUT2D eigenvalue weighted by Crippen LogP contribution is -2.43. The Morgan fingerprint density at radius 3 is 2.39 bits per heavy atom. The van der Waals surface area contributed by atoms with E-state index in [1.54, 1.807) is 0 Å². The van der Waals surface area contributed by atoms with E-state index in [4.69, 9.17) is 9.97 Å². The second kappa shape index (κ2) is 12.2. The maximum absolute atomic E-state index is 5.12. The van der Waals surface area contributed by atoms with Crippen LogP contribution < -0.4 is 15.5 Å². The number of piperazine rings is 1. The highest BCUT2D eigenvalue weighted by atomic mass is 15.2. The fourth-order valence-corrected chi connectivity index (χ4v) is 5.98. The van der Waals surface area contributed by atoms with Crippen LogP contribution in [-0.2, 0) is 19.5 Å². The number of benzene rings is 2. The molecule has 0 unspecified atom stereocenters. The van der Waals surface area contributed by atoms with Gasteiger partial charge in [-0.2, -0.15) is 0 Å². The van der Waals surface area contributed by atoms with Crippen LogP contribution in [0.25, 0.3) is 11.4 Å². The lowest BCUT2D eigenvalue weighted by molar-refractivity contribution is 0.243. The van der Waals surface area contributed by atoms with Crippen molar-refractivity contribution in [3.05, 3.63) is 71.4 Å². The average molecular weight is 512 g/mol. The van der Waals surface area contributed by atoms with Gasteiger partial charge in [-0.1, -0.05) is 30.3 Å². The first-order chi connectivity index (χ1) is 18.8. The van der Waals surface area contributed by atoms with Crippen molar-refractivity contribution in [3.63, 3.8) is 0 Å². The summed E-state index contributed by atoms with van der Waals surface area (Å²) >= 11 is 0. The van der Waals surface area contributed by atoms with Crippen molar-refractivity contribution in [1.29, 1.82) is 0 Å². The van der Waals surface area contributed by atoms with Gasteiger partial charge in [0.25, 0.3) is 0 Å². The molecular formula is C31H41N7. The molecule has 0 spiro atoms. The van der Waals surface area contributed by atoms with Gasteiger partial charge in [0, 0.05) is 75.6 Å². The number of hydrogen-bond donors (Lipinski definition) is 2. The van der Waals surface area contributed by atoms with Crippen LogP contribution in [0.3, 0.4) is 0 Å². The van der Waals surface area contributed by atoms with Crippen LogP contribution in [0, 0.1) is 0 Å². The molecule has 7 heteroatoms. The highest BCUT2D eigenvalue weighted by Gasteiger charge is 2.23. The van der Waals surface area contributed by atoms with Gasteiger partial charge in [0.2, 0.25) is 0 Å². The maximum Gasteiger partial charge on any atom is 0.161 e. The van der Waals surface area contributed by atoms with Crippen molar-refractivity contribution in [2.75, 3.05) is 69.1 Å². The highest BCUT2D eigenvalue weighted by Crippen LogP contribution is 2.29. The molecule has 0 radical (unpaired) electrons. The molecule has 0 saturated carbocycles. The summed E-state index contributed by atoms with van der Waals surface area (Å²) in [5.74, 6) is 1.87. The zero-order valence-electron chi connectivity index (χ0n) is 22.5. The van der Waals surface area contributed by atoms with Crippen LogP contribution in [0.1, 0.15) is 36.1 Å². The van der Waals surface area contributed by atoms with Crippen LogP contribution in [0.5, 0.6) is 0 Å². The molecule has 7 nitrogen and oxygen atoms in total. The van der Waals surface area contributed by atoms with E-state index in [-0.39, 0.29) is 0 Å². The van der Waals surface area contributed by atoms with E-state index >= 15 is 0 Å².